The molecule has 4 rings (SSSR count). The number of rotatable bonds is 6. The van der Waals surface area contributed by atoms with Crippen molar-refractivity contribution in [2.45, 2.75) is 18.7 Å². The summed E-state index contributed by atoms with van der Waals surface area (Å²) < 4.78 is 28.6. The predicted molar refractivity (Wildman–Crippen MR) is 134 cm³/mol. The van der Waals surface area contributed by atoms with E-state index in [9.17, 15) is 18.3 Å². The number of hydrogen-bond donors (Lipinski definition) is 2. The van der Waals surface area contributed by atoms with E-state index < -0.39 is 22.5 Å². The molecule has 0 saturated heterocycles. The first-order chi connectivity index (χ1) is 16.2. The lowest BCUT2D eigenvalue weighted by atomic mass is 10.1. The van der Waals surface area contributed by atoms with Crippen molar-refractivity contribution in [1.29, 1.82) is 0 Å². The molecule has 3 aromatic carbocycles. The Morgan fingerprint density at radius 2 is 1.76 bits per heavy atom. The van der Waals surface area contributed by atoms with Gasteiger partial charge < -0.3 is 10.1 Å². The van der Waals surface area contributed by atoms with Gasteiger partial charge in [0.2, 0.25) is 5.88 Å². The second-order valence-electron chi connectivity index (χ2n) is 7.70. The number of hydrogen-bond acceptors (Lipinski definition) is 5. The molecule has 8 nitrogen and oxygen atoms in total. The molecule has 2 N–H and O–H groups in total. The van der Waals surface area contributed by atoms with Crippen molar-refractivity contribution in [1.82, 2.24) is 4.98 Å². The molecule has 0 atom stereocenters. The van der Waals surface area contributed by atoms with Crippen LogP contribution in [0.2, 0.25) is 0 Å². The number of benzene rings is 3. The molecule has 0 aliphatic heterocycles. The Hall–Kier alpha value is -3.50. The van der Waals surface area contributed by atoms with Crippen LogP contribution in [0.5, 0.6) is 5.88 Å². The fraction of sp³-hybridized carbons (Fsp3) is 0.125. The Kier molecular flexibility index (Phi) is 6.54. The maximum Gasteiger partial charge on any atom is 0.285 e. The highest BCUT2D eigenvalue weighted by Crippen LogP contribution is 2.37. The first kappa shape index (κ1) is 23.7. The summed E-state index contributed by atoms with van der Waals surface area (Å²) in [6.45, 7) is 3.22. The topological polar surface area (TPSA) is 115 Å². The van der Waals surface area contributed by atoms with E-state index in [4.69, 9.17) is 0 Å². The summed E-state index contributed by atoms with van der Waals surface area (Å²) in [7, 11) is -4.05. The molecular weight excluding hydrogens is 520 g/mol. The number of carbonyl (C=O) groups is 1. The number of sulfonamides is 1. The number of H-pyrrole nitrogens is 1. The second kappa shape index (κ2) is 9.40. The summed E-state index contributed by atoms with van der Waals surface area (Å²) in [6, 6.07) is 18.3. The van der Waals surface area contributed by atoms with Gasteiger partial charge in [-0.05, 0) is 67.4 Å². The van der Waals surface area contributed by atoms with Gasteiger partial charge in [0.15, 0.2) is 5.69 Å². The number of carbonyl (C=O) groups excluding carboxylic acids is 1. The van der Waals surface area contributed by atoms with Crippen LogP contribution in [0.1, 0.15) is 11.1 Å². The summed E-state index contributed by atoms with van der Waals surface area (Å²) in [6.07, 6.45) is 0. The number of aryl methyl sites for hydroxylation is 2. The van der Waals surface area contributed by atoms with Crippen LogP contribution >= 0.6 is 15.9 Å². The van der Waals surface area contributed by atoms with Crippen molar-refractivity contribution in [3.63, 3.8) is 0 Å². The van der Waals surface area contributed by atoms with Crippen molar-refractivity contribution in [3.8, 4) is 5.88 Å². The summed E-state index contributed by atoms with van der Waals surface area (Å²) in [5.41, 5.74) is 2.93. The number of aromatic hydroxyl groups is 1. The van der Waals surface area contributed by atoms with Gasteiger partial charge in [0.1, 0.15) is 6.54 Å². The molecule has 1 aromatic heterocycles. The van der Waals surface area contributed by atoms with E-state index in [1.54, 1.807) is 54.6 Å². The van der Waals surface area contributed by atoms with Gasteiger partial charge in [-0.25, -0.2) is 8.42 Å². The highest BCUT2D eigenvalue weighted by Gasteiger charge is 2.27. The quantitative estimate of drug-likeness (QED) is 0.302. The Morgan fingerprint density at radius 3 is 2.47 bits per heavy atom. The van der Waals surface area contributed by atoms with Gasteiger partial charge in [0.05, 0.1) is 16.1 Å². The summed E-state index contributed by atoms with van der Waals surface area (Å²) >= 11 is 3.36. The summed E-state index contributed by atoms with van der Waals surface area (Å²) in [4.78, 5) is 15.6. The van der Waals surface area contributed by atoms with E-state index in [0.29, 0.717) is 16.6 Å². The number of halogens is 1. The third kappa shape index (κ3) is 4.73. The Balaban J connectivity index is 1.69. The lowest BCUT2D eigenvalue weighted by Crippen LogP contribution is -2.35. The average Bonchev–Trinajstić information content (AvgIpc) is 3.12. The summed E-state index contributed by atoms with van der Waals surface area (Å²) in [5.74, 6) is -1.03. The van der Waals surface area contributed by atoms with Crippen molar-refractivity contribution >= 4 is 54.1 Å². The molecule has 0 saturated carbocycles. The number of nitrogens with one attached hydrogen (secondary N) is 1. The fourth-order valence-corrected chi connectivity index (χ4v) is 5.20. The van der Waals surface area contributed by atoms with E-state index in [2.05, 4.69) is 31.1 Å². The number of aromatic amines is 1. The van der Waals surface area contributed by atoms with Crippen molar-refractivity contribution < 1.29 is 18.3 Å². The molecule has 0 unspecified atom stereocenters. The molecule has 0 radical (unpaired) electrons. The van der Waals surface area contributed by atoms with Crippen LogP contribution in [0.3, 0.4) is 0 Å². The normalized spacial score (nSPS) is 11.9. The van der Waals surface area contributed by atoms with Gasteiger partial charge in [0.25, 0.3) is 15.9 Å². The lowest BCUT2D eigenvalue weighted by molar-refractivity contribution is -0.116. The Morgan fingerprint density at radius 1 is 1.03 bits per heavy atom. The van der Waals surface area contributed by atoms with Crippen LogP contribution in [0.4, 0.5) is 11.4 Å². The molecular formula is C24H21BrN4O4S. The van der Waals surface area contributed by atoms with Gasteiger partial charge in [0, 0.05) is 9.86 Å². The van der Waals surface area contributed by atoms with Crippen molar-refractivity contribution in [2.75, 3.05) is 10.8 Å². The first-order valence-corrected chi connectivity index (χ1v) is 12.5. The summed E-state index contributed by atoms with van der Waals surface area (Å²) in [5, 5.41) is 18.4. The Bertz CT molecular complexity index is 1520. The minimum Gasteiger partial charge on any atom is -0.493 e. The number of aromatic nitrogens is 1. The molecule has 0 spiro atoms. The Labute approximate surface area is 205 Å². The van der Waals surface area contributed by atoms with E-state index >= 15 is 0 Å². The van der Waals surface area contributed by atoms with Gasteiger partial charge >= 0.3 is 0 Å². The van der Waals surface area contributed by atoms with Crippen molar-refractivity contribution in [3.05, 3.63) is 82.3 Å². The highest BCUT2D eigenvalue weighted by atomic mass is 79.9. The molecule has 10 heteroatoms. The zero-order chi connectivity index (χ0) is 24.5. The maximum atomic E-state index is 13.4. The third-order valence-electron chi connectivity index (χ3n) is 5.36. The maximum absolute atomic E-state index is 13.4. The van der Waals surface area contributed by atoms with Crippen molar-refractivity contribution in [2.24, 2.45) is 10.2 Å². The van der Waals surface area contributed by atoms with E-state index in [-0.39, 0.29) is 16.5 Å². The van der Waals surface area contributed by atoms with Crippen LogP contribution in [-0.4, -0.2) is 31.0 Å². The number of azo groups is 1. The molecule has 4 aromatic rings. The first-order valence-electron chi connectivity index (χ1n) is 10.3. The average molecular weight is 541 g/mol. The standard InChI is InChI=1S/C24H21BrN4O4S/c1-15-8-10-18(12-16(15)2)29(34(32,33)19-6-4-3-5-7-19)14-22(30)27-28-23-20-13-17(25)9-11-21(20)26-24(23)31/h3-13,26,31H,14H2,1-2H3. The molecule has 1 heterocycles. The van der Waals surface area contributed by atoms with Gasteiger partial charge in [-0.3, -0.25) is 9.10 Å². The van der Waals surface area contributed by atoms with E-state index in [1.165, 1.54) is 12.1 Å². The fourth-order valence-electron chi connectivity index (χ4n) is 3.41. The van der Waals surface area contributed by atoms with Crippen LogP contribution in [0.15, 0.2) is 86.3 Å². The predicted octanol–water partition coefficient (Wildman–Crippen LogP) is 5.76. The molecule has 34 heavy (non-hydrogen) atoms. The molecule has 0 fully saturated rings. The van der Waals surface area contributed by atoms with Gasteiger partial charge in [-0.1, -0.05) is 40.2 Å². The minimum absolute atomic E-state index is 0.0529. The minimum atomic E-state index is -4.05. The second-order valence-corrected chi connectivity index (χ2v) is 10.5. The lowest BCUT2D eigenvalue weighted by Gasteiger charge is -2.23. The monoisotopic (exact) mass is 540 g/mol. The molecule has 1 amide bonds. The number of fused-ring (bicyclic) bond motifs is 1. The number of amides is 1. The highest BCUT2D eigenvalue weighted by molar-refractivity contribution is 9.10. The SMILES string of the molecule is Cc1ccc(N(CC(=O)N=Nc2c(O)[nH]c3ccc(Br)cc23)S(=O)(=O)c2ccccc2)cc1C. The van der Waals surface area contributed by atoms with E-state index in [1.807, 2.05) is 13.8 Å². The number of nitrogens with zero attached hydrogens (tertiary/aromatic N) is 3. The zero-order valence-corrected chi connectivity index (χ0v) is 20.8. The van der Waals surface area contributed by atoms with Gasteiger partial charge in [-0.15, -0.1) is 10.2 Å². The zero-order valence-electron chi connectivity index (χ0n) is 18.4. The van der Waals surface area contributed by atoms with Crippen LogP contribution in [-0.2, 0) is 14.8 Å². The van der Waals surface area contributed by atoms with Crippen LogP contribution in [0, 0.1) is 13.8 Å². The largest absolute Gasteiger partial charge is 0.493 e. The smallest absolute Gasteiger partial charge is 0.285 e. The molecule has 0 bridgehead atoms. The molecule has 0 aliphatic carbocycles. The third-order valence-corrected chi connectivity index (χ3v) is 7.65. The van der Waals surface area contributed by atoms with E-state index in [0.717, 1.165) is 19.9 Å². The molecule has 174 valence electrons. The van der Waals surface area contributed by atoms with Gasteiger partial charge in [-0.2, -0.15) is 0 Å². The molecule has 0 aliphatic rings. The van der Waals surface area contributed by atoms with Crippen LogP contribution in [0.25, 0.3) is 10.9 Å². The number of anilines is 1. The van der Waals surface area contributed by atoms with Crippen LogP contribution < -0.4 is 4.31 Å².